The number of carboxylic acids is 3. The van der Waals surface area contributed by atoms with Crippen LogP contribution >= 0.6 is 0 Å². The number of nitrogens with zero attached hydrogens (tertiary/aromatic N) is 1. The van der Waals surface area contributed by atoms with Crippen LogP contribution in [0.2, 0.25) is 0 Å². The summed E-state index contributed by atoms with van der Waals surface area (Å²) >= 11 is 0. The van der Waals surface area contributed by atoms with E-state index in [1.54, 1.807) is 4.90 Å². The molecule has 0 rings (SSSR count). The minimum atomic E-state index is -0.958. The zero-order valence-electron chi connectivity index (χ0n) is 12.4. The fourth-order valence-electron chi connectivity index (χ4n) is 1.63. The average Bonchev–Trinajstić information content (AvgIpc) is 2.40. The van der Waals surface area contributed by atoms with E-state index < -0.39 is 17.9 Å². The summed E-state index contributed by atoms with van der Waals surface area (Å²) in [5.74, 6) is -2.82. The normalized spacial score (nSPS) is 10.8. The van der Waals surface area contributed by atoms with Gasteiger partial charge >= 0.3 is 17.9 Å². The topological polar surface area (TPSA) is 151 Å². The third-order valence-electron chi connectivity index (χ3n) is 2.60. The van der Waals surface area contributed by atoms with Crippen molar-refractivity contribution in [2.45, 2.75) is 0 Å². The summed E-state index contributed by atoms with van der Waals surface area (Å²) in [5, 5.41) is 34.2. The summed E-state index contributed by atoms with van der Waals surface area (Å²) in [6.45, 7) is 2.58. The first-order valence-corrected chi connectivity index (χ1v) is 6.91. The van der Waals surface area contributed by atoms with Gasteiger partial charge in [0.05, 0.1) is 19.6 Å². The molecule has 6 N–H and O–H groups in total. The molecule has 22 heavy (non-hydrogen) atoms. The lowest BCUT2D eigenvalue weighted by molar-refractivity contribution is -0.139. The van der Waals surface area contributed by atoms with Crippen molar-refractivity contribution in [1.82, 2.24) is 20.9 Å². The smallest absolute Gasteiger partial charge is 0.317 e. The summed E-state index contributed by atoms with van der Waals surface area (Å²) in [5.41, 5.74) is 0. The zero-order valence-corrected chi connectivity index (χ0v) is 12.4. The highest BCUT2D eigenvalue weighted by atomic mass is 16.4. The molecule has 0 aromatic carbocycles. The molecular formula is C12H24N4O6. The van der Waals surface area contributed by atoms with Crippen LogP contribution in [0.5, 0.6) is 0 Å². The van der Waals surface area contributed by atoms with Crippen molar-refractivity contribution in [3.05, 3.63) is 0 Å². The van der Waals surface area contributed by atoms with Crippen LogP contribution in [0.3, 0.4) is 0 Å². The van der Waals surface area contributed by atoms with Crippen LogP contribution in [0.15, 0.2) is 0 Å². The molecule has 0 radical (unpaired) electrons. The number of rotatable bonds is 15. The summed E-state index contributed by atoms with van der Waals surface area (Å²) in [6.07, 6.45) is 0. The maximum atomic E-state index is 10.7. The van der Waals surface area contributed by atoms with E-state index in [9.17, 15) is 14.4 Å². The van der Waals surface area contributed by atoms with Gasteiger partial charge in [0.2, 0.25) is 0 Å². The van der Waals surface area contributed by atoms with E-state index >= 15 is 0 Å². The fraction of sp³-hybridized carbons (Fsp3) is 0.750. The van der Waals surface area contributed by atoms with Crippen LogP contribution in [0.4, 0.5) is 0 Å². The second-order valence-corrected chi connectivity index (χ2v) is 4.56. The van der Waals surface area contributed by atoms with Gasteiger partial charge in [0, 0.05) is 39.3 Å². The molecule has 0 aromatic rings. The zero-order chi connectivity index (χ0) is 16.8. The van der Waals surface area contributed by atoms with Gasteiger partial charge in [-0.1, -0.05) is 0 Å². The van der Waals surface area contributed by atoms with Crippen LogP contribution in [-0.2, 0) is 14.4 Å². The molecule has 0 aliphatic rings. The average molecular weight is 320 g/mol. The molecule has 0 amide bonds. The summed E-state index contributed by atoms with van der Waals surface area (Å²) in [7, 11) is 0. The molecule has 0 atom stereocenters. The van der Waals surface area contributed by atoms with Gasteiger partial charge in [-0.3, -0.25) is 19.3 Å². The first kappa shape index (κ1) is 20.2. The number of aliphatic carboxylic acids is 3. The van der Waals surface area contributed by atoms with Gasteiger partial charge in [0.15, 0.2) is 0 Å². The van der Waals surface area contributed by atoms with E-state index in [1.165, 1.54) is 0 Å². The van der Waals surface area contributed by atoms with E-state index in [0.29, 0.717) is 39.3 Å². The van der Waals surface area contributed by atoms with Gasteiger partial charge in [-0.05, 0) is 0 Å². The van der Waals surface area contributed by atoms with E-state index in [0.717, 1.165) is 0 Å². The molecule has 0 fully saturated rings. The number of hydrogen-bond donors (Lipinski definition) is 6. The van der Waals surface area contributed by atoms with Crippen molar-refractivity contribution in [1.29, 1.82) is 0 Å². The Morgan fingerprint density at radius 3 is 1.64 bits per heavy atom. The molecule has 0 bridgehead atoms. The third kappa shape index (κ3) is 14.7. The molecular weight excluding hydrogens is 296 g/mol. The predicted molar refractivity (Wildman–Crippen MR) is 78.0 cm³/mol. The van der Waals surface area contributed by atoms with Crippen molar-refractivity contribution < 1.29 is 29.7 Å². The maximum absolute atomic E-state index is 10.7. The van der Waals surface area contributed by atoms with Gasteiger partial charge in [-0.25, -0.2) is 0 Å². The highest BCUT2D eigenvalue weighted by molar-refractivity contribution is 5.69. The van der Waals surface area contributed by atoms with Crippen LogP contribution < -0.4 is 16.0 Å². The molecule has 10 nitrogen and oxygen atoms in total. The van der Waals surface area contributed by atoms with Gasteiger partial charge in [-0.2, -0.15) is 0 Å². The van der Waals surface area contributed by atoms with Crippen molar-refractivity contribution in [3.63, 3.8) is 0 Å². The Kier molecular flexibility index (Phi) is 11.9. The Bertz CT molecular complexity index is 353. The fourth-order valence-corrected chi connectivity index (χ4v) is 1.63. The highest BCUT2D eigenvalue weighted by Gasteiger charge is 2.09. The second-order valence-electron chi connectivity index (χ2n) is 4.56. The Hall–Kier alpha value is -1.75. The van der Waals surface area contributed by atoms with Crippen molar-refractivity contribution in [3.8, 4) is 0 Å². The molecule has 0 saturated carbocycles. The highest BCUT2D eigenvalue weighted by Crippen LogP contribution is 1.86. The van der Waals surface area contributed by atoms with Crippen molar-refractivity contribution in [2.75, 3.05) is 58.9 Å². The monoisotopic (exact) mass is 320 g/mol. The molecule has 0 aromatic heterocycles. The molecule has 0 unspecified atom stereocenters. The van der Waals surface area contributed by atoms with E-state index in [1.807, 2.05) is 0 Å². The van der Waals surface area contributed by atoms with Gasteiger partial charge in [0.1, 0.15) is 0 Å². The minimum Gasteiger partial charge on any atom is -0.480 e. The Labute approximate surface area is 128 Å². The van der Waals surface area contributed by atoms with Crippen LogP contribution in [0.1, 0.15) is 0 Å². The number of carbonyl (C=O) groups is 3. The largest absolute Gasteiger partial charge is 0.480 e. The Morgan fingerprint density at radius 2 is 1.14 bits per heavy atom. The lowest BCUT2D eigenvalue weighted by Gasteiger charge is -2.20. The first-order valence-electron chi connectivity index (χ1n) is 6.91. The predicted octanol–water partition coefficient (Wildman–Crippen LogP) is -2.69. The number of nitrogens with one attached hydrogen (secondary N) is 3. The minimum absolute atomic E-state index is 0.0952. The number of hydrogen-bond acceptors (Lipinski definition) is 7. The standard InChI is InChI=1S/C12H24N4O6/c17-10(18)7-14-2-1-13-3-5-16(9-12(21)22)6-4-15-8-11(19)20/h13-15H,1-9H2,(H,17,18)(H,19,20)(H,21,22). The summed E-state index contributed by atoms with van der Waals surface area (Å²) < 4.78 is 0. The van der Waals surface area contributed by atoms with Gasteiger partial charge in [0.25, 0.3) is 0 Å². The molecule has 0 aliphatic carbocycles. The Morgan fingerprint density at radius 1 is 0.682 bits per heavy atom. The molecule has 128 valence electrons. The summed E-state index contributed by atoms with van der Waals surface area (Å²) in [4.78, 5) is 33.0. The van der Waals surface area contributed by atoms with Crippen molar-refractivity contribution in [2.24, 2.45) is 0 Å². The van der Waals surface area contributed by atoms with Crippen LogP contribution in [0.25, 0.3) is 0 Å². The quantitative estimate of drug-likeness (QED) is 0.176. The third-order valence-corrected chi connectivity index (χ3v) is 2.60. The molecule has 0 saturated heterocycles. The maximum Gasteiger partial charge on any atom is 0.317 e. The van der Waals surface area contributed by atoms with Gasteiger partial charge < -0.3 is 31.3 Å². The van der Waals surface area contributed by atoms with Crippen molar-refractivity contribution >= 4 is 17.9 Å². The lowest BCUT2D eigenvalue weighted by Crippen LogP contribution is -2.41. The number of carboxylic acid groups (broad SMARTS) is 3. The Balaban J connectivity index is 3.73. The first-order chi connectivity index (χ1) is 10.4. The van der Waals surface area contributed by atoms with Crippen LogP contribution in [-0.4, -0.2) is 97.0 Å². The van der Waals surface area contributed by atoms with Crippen LogP contribution in [0, 0.1) is 0 Å². The second kappa shape index (κ2) is 13.0. The lowest BCUT2D eigenvalue weighted by atomic mass is 10.4. The molecule has 0 spiro atoms. The van der Waals surface area contributed by atoms with E-state index in [4.69, 9.17) is 15.3 Å². The van der Waals surface area contributed by atoms with Gasteiger partial charge in [-0.15, -0.1) is 0 Å². The van der Waals surface area contributed by atoms with E-state index in [2.05, 4.69) is 16.0 Å². The molecule has 0 aliphatic heterocycles. The molecule has 0 heterocycles. The SMILES string of the molecule is O=C(O)CNCCNCCN(CCNCC(=O)O)CC(=O)O. The molecule has 10 heteroatoms. The summed E-state index contributed by atoms with van der Waals surface area (Å²) in [6, 6.07) is 0. The van der Waals surface area contributed by atoms with E-state index in [-0.39, 0.29) is 19.6 Å².